The molecule has 0 aliphatic heterocycles. The highest BCUT2D eigenvalue weighted by Gasteiger charge is 2.18. The van der Waals surface area contributed by atoms with E-state index in [1.54, 1.807) is 36.4 Å². The van der Waals surface area contributed by atoms with Gasteiger partial charge in [-0.15, -0.1) is 11.8 Å². The van der Waals surface area contributed by atoms with Crippen molar-refractivity contribution in [2.45, 2.75) is 30.9 Å². The Morgan fingerprint density at radius 2 is 1.46 bits per heavy atom. The van der Waals surface area contributed by atoms with Gasteiger partial charge in [0, 0.05) is 26.3 Å². The number of aryl methyl sites for hydroxylation is 2. The highest BCUT2D eigenvalue weighted by Crippen LogP contribution is 2.28. The zero-order chi connectivity index (χ0) is 29.4. The molecule has 0 bridgehead atoms. The van der Waals surface area contributed by atoms with Crippen LogP contribution in [-0.2, 0) is 9.59 Å². The van der Waals surface area contributed by atoms with E-state index >= 15 is 0 Å². The summed E-state index contributed by atoms with van der Waals surface area (Å²) in [7, 11) is 0. The first-order valence-corrected chi connectivity index (χ1v) is 14.7. The average Bonchev–Trinajstić information content (AvgIpc) is 2.96. The van der Waals surface area contributed by atoms with Crippen molar-refractivity contribution in [3.63, 3.8) is 0 Å². The molecule has 0 radical (unpaired) electrons. The normalized spacial score (nSPS) is 11.9. The van der Waals surface area contributed by atoms with Crippen LogP contribution in [0.3, 0.4) is 0 Å². The van der Waals surface area contributed by atoms with Crippen LogP contribution in [0.1, 0.15) is 34.0 Å². The van der Waals surface area contributed by atoms with E-state index in [1.807, 2.05) is 87.5 Å². The fourth-order valence-corrected chi connectivity index (χ4v) is 5.20. The molecule has 0 spiro atoms. The number of benzene rings is 4. The Hall–Kier alpha value is -4.14. The molecule has 0 fully saturated rings. The SMILES string of the molecule is Cc1cccc(C)c1NC(=O)C(C)Sc1cccc(NC(=O)/C(=C\c2ccc(Br)cc2)NC(=O)c2ccccc2)c1. The lowest BCUT2D eigenvalue weighted by Gasteiger charge is -2.16. The van der Waals surface area contributed by atoms with Gasteiger partial charge in [-0.05, 0) is 86.0 Å². The van der Waals surface area contributed by atoms with Gasteiger partial charge in [-0.1, -0.05) is 70.5 Å². The third kappa shape index (κ3) is 8.42. The Bertz CT molecular complexity index is 1570. The van der Waals surface area contributed by atoms with Crippen LogP contribution < -0.4 is 16.0 Å². The summed E-state index contributed by atoms with van der Waals surface area (Å²) in [5.41, 5.74) is 4.67. The number of hydrogen-bond donors (Lipinski definition) is 3. The maximum Gasteiger partial charge on any atom is 0.272 e. The van der Waals surface area contributed by atoms with Gasteiger partial charge in [-0.25, -0.2) is 0 Å². The molecule has 3 N–H and O–H groups in total. The molecule has 0 saturated carbocycles. The first kappa shape index (κ1) is 29.8. The Morgan fingerprint density at radius 1 is 0.805 bits per heavy atom. The standard InChI is InChI=1S/C33H30BrN3O3S/c1-21-9-7-10-22(2)30(21)37-31(38)23(3)41-28-14-8-13-27(20-28)35-33(40)29(19-24-15-17-26(34)18-16-24)36-32(39)25-11-5-4-6-12-25/h4-20,23H,1-3H3,(H,35,40)(H,36,39)(H,37,38)/b29-19+. The summed E-state index contributed by atoms with van der Waals surface area (Å²) >= 11 is 4.81. The molecule has 0 saturated heterocycles. The van der Waals surface area contributed by atoms with Crippen LogP contribution in [0.25, 0.3) is 6.08 Å². The van der Waals surface area contributed by atoms with E-state index < -0.39 is 11.8 Å². The molecule has 4 aromatic rings. The largest absolute Gasteiger partial charge is 0.325 e. The van der Waals surface area contributed by atoms with Crippen molar-refractivity contribution in [2.24, 2.45) is 0 Å². The molecular formula is C33H30BrN3O3S. The maximum atomic E-state index is 13.4. The van der Waals surface area contributed by atoms with Crippen LogP contribution in [0.2, 0.25) is 0 Å². The molecule has 0 heterocycles. The summed E-state index contributed by atoms with van der Waals surface area (Å²) in [6, 6.07) is 29.3. The summed E-state index contributed by atoms with van der Waals surface area (Å²) < 4.78 is 0.903. The number of anilines is 2. The molecule has 6 nitrogen and oxygen atoms in total. The van der Waals surface area contributed by atoms with Crippen LogP contribution in [0.15, 0.2) is 112 Å². The molecule has 3 amide bonds. The first-order valence-electron chi connectivity index (χ1n) is 13.0. The molecule has 1 unspecified atom stereocenters. The van der Waals surface area contributed by atoms with Crippen molar-refractivity contribution >= 4 is 62.9 Å². The molecule has 4 rings (SSSR count). The smallest absolute Gasteiger partial charge is 0.272 e. The quantitative estimate of drug-likeness (QED) is 0.132. The van der Waals surface area contributed by atoms with Gasteiger partial charge in [0.25, 0.3) is 11.8 Å². The number of para-hydroxylation sites is 1. The summed E-state index contributed by atoms with van der Waals surface area (Å²) in [5, 5.41) is 8.30. The fraction of sp³-hybridized carbons (Fsp3) is 0.121. The monoisotopic (exact) mass is 627 g/mol. The number of thioether (sulfide) groups is 1. The number of rotatable bonds is 9. The van der Waals surface area contributed by atoms with E-state index in [0.717, 1.165) is 31.7 Å². The maximum absolute atomic E-state index is 13.4. The second-order valence-corrected chi connectivity index (χ2v) is 11.8. The lowest BCUT2D eigenvalue weighted by Crippen LogP contribution is -2.30. The molecule has 1 atom stereocenters. The molecule has 0 aliphatic carbocycles. The van der Waals surface area contributed by atoms with Gasteiger partial charge in [-0.3, -0.25) is 14.4 Å². The minimum Gasteiger partial charge on any atom is -0.325 e. The van der Waals surface area contributed by atoms with E-state index in [4.69, 9.17) is 0 Å². The molecule has 8 heteroatoms. The fourth-order valence-electron chi connectivity index (χ4n) is 4.01. The van der Waals surface area contributed by atoms with Crippen molar-refractivity contribution in [3.8, 4) is 0 Å². The van der Waals surface area contributed by atoms with Crippen LogP contribution in [0.5, 0.6) is 0 Å². The average molecular weight is 629 g/mol. The predicted octanol–water partition coefficient (Wildman–Crippen LogP) is 7.59. The van der Waals surface area contributed by atoms with Crippen molar-refractivity contribution in [3.05, 3.63) is 129 Å². The van der Waals surface area contributed by atoms with Gasteiger partial charge in [0.1, 0.15) is 5.70 Å². The van der Waals surface area contributed by atoms with Gasteiger partial charge < -0.3 is 16.0 Å². The second kappa shape index (κ2) is 14.0. The summed E-state index contributed by atoms with van der Waals surface area (Å²) in [6.45, 7) is 5.78. The third-order valence-corrected chi connectivity index (χ3v) is 7.84. The van der Waals surface area contributed by atoms with Gasteiger partial charge >= 0.3 is 0 Å². The van der Waals surface area contributed by atoms with Gasteiger partial charge in [0.2, 0.25) is 5.91 Å². The molecule has 208 valence electrons. The van der Waals surface area contributed by atoms with Crippen molar-refractivity contribution < 1.29 is 14.4 Å². The van der Waals surface area contributed by atoms with Crippen LogP contribution in [0, 0.1) is 13.8 Å². The zero-order valence-electron chi connectivity index (χ0n) is 22.9. The van der Waals surface area contributed by atoms with E-state index in [-0.39, 0.29) is 16.9 Å². The van der Waals surface area contributed by atoms with Crippen molar-refractivity contribution in [1.29, 1.82) is 0 Å². The second-order valence-electron chi connectivity index (χ2n) is 9.43. The lowest BCUT2D eigenvalue weighted by molar-refractivity contribution is -0.115. The van der Waals surface area contributed by atoms with E-state index in [1.165, 1.54) is 11.8 Å². The number of carbonyl (C=O) groups excluding carboxylic acids is 3. The third-order valence-electron chi connectivity index (χ3n) is 6.21. The van der Waals surface area contributed by atoms with Gasteiger partial charge in [0.15, 0.2) is 0 Å². The van der Waals surface area contributed by atoms with Crippen LogP contribution >= 0.6 is 27.7 Å². The predicted molar refractivity (Wildman–Crippen MR) is 171 cm³/mol. The summed E-state index contributed by atoms with van der Waals surface area (Å²) in [4.78, 5) is 40.0. The molecular weight excluding hydrogens is 598 g/mol. The van der Waals surface area contributed by atoms with Crippen LogP contribution in [-0.4, -0.2) is 23.0 Å². The number of hydrogen-bond acceptors (Lipinski definition) is 4. The first-order chi connectivity index (χ1) is 19.7. The number of halogens is 1. The Kier molecular flexibility index (Phi) is 10.2. The number of carbonyl (C=O) groups is 3. The Morgan fingerprint density at radius 3 is 2.15 bits per heavy atom. The molecule has 0 aromatic heterocycles. The highest BCUT2D eigenvalue weighted by molar-refractivity contribution is 9.10. The topological polar surface area (TPSA) is 87.3 Å². The molecule has 4 aromatic carbocycles. The van der Waals surface area contributed by atoms with Crippen molar-refractivity contribution in [2.75, 3.05) is 10.6 Å². The Balaban J connectivity index is 1.48. The Labute approximate surface area is 252 Å². The summed E-state index contributed by atoms with van der Waals surface area (Å²) in [6.07, 6.45) is 1.63. The van der Waals surface area contributed by atoms with Crippen molar-refractivity contribution in [1.82, 2.24) is 5.32 Å². The van der Waals surface area contributed by atoms with E-state index in [0.29, 0.717) is 11.3 Å². The number of nitrogens with one attached hydrogen (secondary N) is 3. The highest BCUT2D eigenvalue weighted by atomic mass is 79.9. The summed E-state index contributed by atoms with van der Waals surface area (Å²) in [5.74, 6) is -0.970. The van der Waals surface area contributed by atoms with Gasteiger partial charge in [0.05, 0.1) is 5.25 Å². The van der Waals surface area contributed by atoms with E-state index in [9.17, 15) is 14.4 Å². The minimum atomic E-state index is -0.472. The van der Waals surface area contributed by atoms with Crippen LogP contribution in [0.4, 0.5) is 11.4 Å². The number of amides is 3. The molecule has 41 heavy (non-hydrogen) atoms. The van der Waals surface area contributed by atoms with E-state index in [2.05, 4.69) is 31.9 Å². The zero-order valence-corrected chi connectivity index (χ0v) is 25.3. The molecule has 0 aliphatic rings. The van der Waals surface area contributed by atoms with Gasteiger partial charge in [-0.2, -0.15) is 0 Å². The lowest BCUT2D eigenvalue weighted by atomic mass is 10.1. The minimum absolute atomic E-state index is 0.0978.